The summed E-state index contributed by atoms with van der Waals surface area (Å²) in [5.41, 5.74) is 1.73. The van der Waals surface area contributed by atoms with Crippen molar-refractivity contribution < 1.29 is 14.6 Å². The maximum atomic E-state index is 12.0. The molecule has 4 nitrogen and oxygen atoms in total. The number of aliphatic hydroxyl groups excluding tert-OH is 1. The molecule has 1 aliphatic heterocycles. The van der Waals surface area contributed by atoms with E-state index in [1.165, 1.54) is 0 Å². The molecule has 1 heterocycles. The minimum Gasteiger partial charge on any atom is -0.396 e. The molecule has 1 unspecified atom stereocenters. The van der Waals surface area contributed by atoms with Crippen molar-refractivity contribution in [2.24, 2.45) is 0 Å². The number of halogens is 1. The Labute approximate surface area is 111 Å². The van der Waals surface area contributed by atoms with Crippen LogP contribution in [0.3, 0.4) is 0 Å². The first kappa shape index (κ1) is 13.3. The van der Waals surface area contributed by atoms with Crippen LogP contribution in [0.5, 0.6) is 0 Å². The fourth-order valence-corrected chi connectivity index (χ4v) is 2.25. The van der Waals surface area contributed by atoms with Gasteiger partial charge in [-0.05, 0) is 31.0 Å². The van der Waals surface area contributed by atoms with Crippen LogP contribution < -0.4 is 4.90 Å². The van der Waals surface area contributed by atoms with Gasteiger partial charge in [-0.2, -0.15) is 0 Å². The third-order valence-corrected chi connectivity index (χ3v) is 3.47. The summed E-state index contributed by atoms with van der Waals surface area (Å²) in [5.74, 6) is -0.0976. The minimum absolute atomic E-state index is 0.0252. The maximum Gasteiger partial charge on any atom is 0.253 e. The van der Waals surface area contributed by atoms with E-state index in [0.717, 1.165) is 11.3 Å². The van der Waals surface area contributed by atoms with E-state index >= 15 is 0 Å². The van der Waals surface area contributed by atoms with Crippen molar-refractivity contribution in [3.05, 3.63) is 28.8 Å². The summed E-state index contributed by atoms with van der Waals surface area (Å²) in [6.07, 6.45) is 0.497. The fourth-order valence-electron chi connectivity index (χ4n) is 2.08. The van der Waals surface area contributed by atoms with Crippen molar-refractivity contribution in [1.29, 1.82) is 0 Å². The molecule has 0 aromatic heterocycles. The third-order valence-electron chi connectivity index (χ3n) is 3.07. The number of aryl methyl sites for hydroxylation is 1. The highest BCUT2D eigenvalue weighted by molar-refractivity contribution is 6.31. The lowest BCUT2D eigenvalue weighted by atomic mass is 10.1. The Kier molecular flexibility index (Phi) is 4.22. The molecule has 0 saturated carbocycles. The van der Waals surface area contributed by atoms with E-state index in [4.69, 9.17) is 21.4 Å². The SMILES string of the molecule is Cc1ccc(N2C(=O)COCC2CCO)cc1Cl. The second-order valence-electron chi connectivity index (χ2n) is 4.38. The van der Waals surface area contributed by atoms with Gasteiger partial charge in [-0.25, -0.2) is 0 Å². The van der Waals surface area contributed by atoms with Gasteiger partial charge >= 0.3 is 0 Å². The van der Waals surface area contributed by atoms with Crippen LogP contribution in [0, 0.1) is 6.92 Å². The fraction of sp³-hybridized carbons (Fsp3) is 0.462. The molecule has 1 atom stereocenters. The summed E-state index contributed by atoms with van der Waals surface area (Å²) in [7, 11) is 0. The van der Waals surface area contributed by atoms with Crippen molar-refractivity contribution in [3.8, 4) is 0 Å². The summed E-state index contributed by atoms with van der Waals surface area (Å²) < 4.78 is 5.22. The Morgan fingerprint density at radius 2 is 2.33 bits per heavy atom. The average molecular weight is 270 g/mol. The quantitative estimate of drug-likeness (QED) is 0.910. The van der Waals surface area contributed by atoms with E-state index in [1.807, 2.05) is 19.1 Å². The summed E-state index contributed by atoms with van der Waals surface area (Å²) in [5, 5.41) is 9.68. The number of ether oxygens (including phenoxy) is 1. The van der Waals surface area contributed by atoms with Crippen molar-refractivity contribution in [2.45, 2.75) is 19.4 Å². The second-order valence-corrected chi connectivity index (χ2v) is 4.79. The number of anilines is 1. The summed E-state index contributed by atoms with van der Waals surface area (Å²) in [6, 6.07) is 5.41. The Balaban J connectivity index is 2.31. The van der Waals surface area contributed by atoms with Crippen molar-refractivity contribution >= 4 is 23.2 Å². The Morgan fingerprint density at radius 1 is 1.56 bits per heavy atom. The molecule has 1 aromatic carbocycles. The number of nitrogens with zero attached hydrogens (tertiary/aromatic N) is 1. The van der Waals surface area contributed by atoms with Gasteiger partial charge in [-0.15, -0.1) is 0 Å². The van der Waals surface area contributed by atoms with Crippen molar-refractivity contribution in [1.82, 2.24) is 0 Å². The van der Waals surface area contributed by atoms with Gasteiger partial charge < -0.3 is 14.7 Å². The van der Waals surface area contributed by atoms with Gasteiger partial charge in [0.1, 0.15) is 6.61 Å². The van der Waals surface area contributed by atoms with Gasteiger partial charge in [0.05, 0.1) is 12.6 Å². The molecule has 18 heavy (non-hydrogen) atoms. The topological polar surface area (TPSA) is 49.8 Å². The van der Waals surface area contributed by atoms with Crippen LogP contribution in [0.1, 0.15) is 12.0 Å². The minimum atomic E-state index is -0.130. The van der Waals surface area contributed by atoms with Crippen LogP contribution in [0.2, 0.25) is 5.02 Å². The summed E-state index contributed by atoms with van der Waals surface area (Å²) in [6.45, 7) is 2.46. The van der Waals surface area contributed by atoms with Gasteiger partial charge in [0.15, 0.2) is 0 Å². The molecule has 1 aromatic rings. The first-order chi connectivity index (χ1) is 8.63. The van der Waals surface area contributed by atoms with E-state index < -0.39 is 0 Å². The van der Waals surface area contributed by atoms with Crippen LogP contribution in [0.15, 0.2) is 18.2 Å². The molecule has 0 aliphatic carbocycles. The maximum absolute atomic E-state index is 12.0. The van der Waals surface area contributed by atoms with Crippen LogP contribution in [-0.2, 0) is 9.53 Å². The zero-order chi connectivity index (χ0) is 13.1. The van der Waals surface area contributed by atoms with E-state index in [2.05, 4.69) is 0 Å². The number of morpholine rings is 1. The number of amides is 1. The van der Waals surface area contributed by atoms with Gasteiger partial charge in [0.25, 0.3) is 5.91 Å². The van der Waals surface area contributed by atoms with Crippen LogP contribution in [0.4, 0.5) is 5.69 Å². The normalized spacial score (nSPS) is 20.3. The van der Waals surface area contributed by atoms with E-state index in [1.54, 1.807) is 11.0 Å². The Morgan fingerprint density at radius 3 is 3.00 bits per heavy atom. The zero-order valence-corrected chi connectivity index (χ0v) is 11.0. The highest BCUT2D eigenvalue weighted by Crippen LogP contribution is 2.27. The average Bonchev–Trinajstić information content (AvgIpc) is 2.34. The zero-order valence-electron chi connectivity index (χ0n) is 10.2. The smallest absolute Gasteiger partial charge is 0.253 e. The number of carbonyl (C=O) groups is 1. The molecule has 0 radical (unpaired) electrons. The number of rotatable bonds is 3. The van der Waals surface area contributed by atoms with Gasteiger partial charge in [-0.1, -0.05) is 17.7 Å². The molecule has 1 amide bonds. The highest BCUT2D eigenvalue weighted by Gasteiger charge is 2.29. The lowest BCUT2D eigenvalue weighted by molar-refractivity contribution is -0.127. The first-order valence-electron chi connectivity index (χ1n) is 5.90. The predicted octanol–water partition coefficient (Wildman–Crippen LogP) is 1.76. The van der Waals surface area contributed by atoms with Crippen LogP contribution in [-0.4, -0.2) is 36.9 Å². The molecule has 1 aliphatic rings. The number of benzene rings is 1. The van der Waals surface area contributed by atoms with E-state index in [-0.39, 0.29) is 25.2 Å². The third kappa shape index (κ3) is 2.66. The molecule has 5 heteroatoms. The molecular weight excluding hydrogens is 254 g/mol. The van der Waals surface area contributed by atoms with Crippen molar-refractivity contribution in [3.63, 3.8) is 0 Å². The largest absolute Gasteiger partial charge is 0.396 e. The molecule has 0 bridgehead atoms. The molecule has 98 valence electrons. The highest BCUT2D eigenvalue weighted by atomic mass is 35.5. The lowest BCUT2D eigenvalue weighted by Crippen LogP contribution is -2.50. The molecule has 0 spiro atoms. The van der Waals surface area contributed by atoms with Gasteiger partial charge in [0.2, 0.25) is 0 Å². The summed E-state index contributed by atoms with van der Waals surface area (Å²) >= 11 is 6.09. The Hall–Kier alpha value is -1.10. The standard InChI is InChI=1S/C13H16ClNO3/c1-9-2-3-10(6-12(9)14)15-11(4-5-16)7-18-8-13(15)17/h2-3,6,11,16H,4-5,7-8H2,1H3. The number of carbonyl (C=O) groups excluding carboxylic acids is 1. The molecule has 2 rings (SSSR count). The van der Waals surface area contributed by atoms with Crippen molar-refractivity contribution in [2.75, 3.05) is 24.7 Å². The van der Waals surface area contributed by atoms with Crippen LogP contribution in [0.25, 0.3) is 0 Å². The number of hydrogen-bond donors (Lipinski definition) is 1. The number of aliphatic hydroxyl groups is 1. The first-order valence-corrected chi connectivity index (χ1v) is 6.28. The molecular formula is C13H16ClNO3. The molecule has 1 N–H and O–H groups in total. The predicted molar refractivity (Wildman–Crippen MR) is 70.0 cm³/mol. The number of hydrogen-bond acceptors (Lipinski definition) is 3. The van der Waals surface area contributed by atoms with E-state index in [0.29, 0.717) is 18.1 Å². The van der Waals surface area contributed by atoms with Crippen LogP contribution >= 0.6 is 11.6 Å². The molecule has 1 fully saturated rings. The van der Waals surface area contributed by atoms with Gasteiger partial charge in [-0.3, -0.25) is 4.79 Å². The Bertz CT molecular complexity index is 448. The lowest BCUT2D eigenvalue weighted by Gasteiger charge is -2.35. The van der Waals surface area contributed by atoms with Gasteiger partial charge in [0, 0.05) is 17.3 Å². The summed E-state index contributed by atoms with van der Waals surface area (Å²) in [4.78, 5) is 13.6. The second kappa shape index (κ2) is 5.69. The molecule has 1 saturated heterocycles. The monoisotopic (exact) mass is 269 g/mol. The van der Waals surface area contributed by atoms with E-state index in [9.17, 15) is 4.79 Å².